The Labute approximate surface area is 172 Å². The maximum Gasteiger partial charge on any atom is 0.326 e. The first-order valence-electron chi connectivity index (χ1n) is 10.5. The lowest BCUT2D eigenvalue weighted by molar-refractivity contribution is -0.155. The summed E-state index contributed by atoms with van der Waals surface area (Å²) in [5, 5.41) is 9.47. The number of carboxylic acid groups (broad SMARTS) is 1. The second-order valence-electron chi connectivity index (χ2n) is 7.58. The zero-order valence-corrected chi connectivity index (χ0v) is 17.1. The predicted molar refractivity (Wildman–Crippen MR) is 109 cm³/mol. The van der Waals surface area contributed by atoms with Crippen molar-refractivity contribution < 1.29 is 24.3 Å². The fraction of sp³-hybridized carbons (Fsp3) is 0.591. The first kappa shape index (κ1) is 22.9. The Kier molecular flexibility index (Phi) is 9.64. The van der Waals surface area contributed by atoms with Crippen molar-refractivity contribution >= 4 is 17.8 Å². The number of benzene rings is 1. The lowest BCUT2D eigenvalue weighted by Gasteiger charge is -2.35. The third-order valence-electron chi connectivity index (χ3n) is 5.28. The minimum Gasteiger partial charge on any atom is -0.480 e. The maximum absolute atomic E-state index is 13.1. The van der Waals surface area contributed by atoms with E-state index in [0.717, 1.165) is 37.7 Å². The Hall–Kier alpha value is -2.41. The molecule has 0 saturated carbocycles. The van der Waals surface area contributed by atoms with Gasteiger partial charge in [-0.15, -0.1) is 0 Å². The molecule has 29 heavy (non-hydrogen) atoms. The monoisotopic (exact) mass is 404 g/mol. The van der Waals surface area contributed by atoms with Crippen LogP contribution in [0.5, 0.6) is 0 Å². The van der Waals surface area contributed by atoms with Crippen molar-refractivity contribution in [2.45, 2.75) is 70.9 Å². The molecule has 1 saturated heterocycles. The molecule has 2 amide bonds. The highest BCUT2D eigenvalue weighted by molar-refractivity contribution is 5.88. The Morgan fingerprint density at radius 2 is 1.97 bits per heavy atom. The molecule has 0 aromatic heterocycles. The molecule has 1 aliphatic heterocycles. The van der Waals surface area contributed by atoms with E-state index in [4.69, 9.17) is 4.84 Å². The van der Waals surface area contributed by atoms with Gasteiger partial charge in [0.15, 0.2) is 0 Å². The van der Waals surface area contributed by atoms with E-state index in [0.29, 0.717) is 19.4 Å². The van der Waals surface area contributed by atoms with Crippen LogP contribution in [-0.4, -0.2) is 40.4 Å². The lowest BCUT2D eigenvalue weighted by Crippen LogP contribution is -2.50. The summed E-state index contributed by atoms with van der Waals surface area (Å²) in [4.78, 5) is 43.7. The van der Waals surface area contributed by atoms with Crippen LogP contribution in [0.2, 0.25) is 0 Å². The van der Waals surface area contributed by atoms with Crippen molar-refractivity contribution in [3.05, 3.63) is 35.9 Å². The molecule has 0 radical (unpaired) electrons. The molecule has 1 fully saturated rings. The molecule has 1 heterocycles. The number of likely N-dealkylation sites (tertiary alicyclic amines) is 1. The number of amides is 2. The summed E-state index contributed by atoms with van der Waals surface area (Å²) < 4.78 is 0. The molecule has 0 bridgehead atoms. The number of carbonyl (C=O) groups excluding carboxylic acids is 2. The molecule has 1 aromatic rings. The Morgan fingerprint density at radius 3 is 2.66 bits per heavy atom. The standard InChI is InChI=1S/C22H32N2O5/c1-2-3-5-12-18(21(26)24-14-9-8-13-19(24)22(27)28)15-20(25)23-29-16-17-10-6-4-7-11-17/h4,6-7,10-11,18-19H,2-3,5,8-9,12-16H2,1H3,(H,23,25)(H,27,28)/t18-,19+/m1/s1. The molecule has 2 atom stereocenters. The van der Waals surface area contributed by atoms with Gasteiger partial charge in [0, 0.05) is 18.9 Å². The molecule has 1 aliphatic rings. The van der Waals surface area contributed by atoms with Crippen LogP contribution in [0, 0.1) is 5.92 Å². The van der Waals surface area contributed by atoms with Gasteiger partial charge < -0.3 is 10.0 Å². The maximum atomic E-state index is 13.1. The second kappa shape index (κ2) is 12.2. The van der Waals surface area contributed by atoms with Crippen molar-refractivity contribution in [2.24, 2.45) is 5.92 Å². The van der Waals surface area contributed by atoms with E-state index in [2.05, 4.69) is 12.4 Å². The van der Waals surface area contributed by atoms with Gasteiger partial charge in [-0.05, 0) is 31.2 Å². The van der Waals surface area contributed by atoms with Crippen molar-refractivity contribution in [1.82, 2.24) is 10.4 Å². The lowest BCUT2D eigenvalue weighted by atomic mass is 9.93. The number of carbonyl (C=O) groups is 3. The zero-order valence-electron chi connectivity index (χ0n) is 17.1. The van der Waals surface area contributed by atoms with E-state index in [9.17, 15) is 19.5 Å². The number of hydrogen-bond donors (Lipinski definition) is 2. The number of aliphatic carboxylic acids is 1. The van der Waals surface area contributed by atoms with Gasteiger partial charge in [0.1, 0.15) is 6.04 Å². The van der Waals surface area contributed by atoms with E-state index >= 15 is 0 Å². The quantitative estimate of drug-likeness (QED) is 0.436. The molecule has 2 rings (SSSR count). The highest BCUT2D eigenvalue weighted by Gasteiger charge is 2.35. The van der Waals surface area contributed by atoms with E-state index in [1.54, 1.807) is 0 Å². The summed E-state index contributed by atoms with van der Waals surface area (Å²) in [6.07, 6.45) is 5.44. The fourth-order valence-corrected chi connectivity index (χ4v) is 3.68. The third-order valence-corrected chi connectivity index (χ3v) is 5.28. The SMILES string of the molecule is CCCCC[C@H](CC(=O)NOCc1ccccc1)C(=O)N1CCCC[C@H]1C(=O)O. The van der Waals surface area contributed by atoms with Crippen molar-refractivity contribution in [3.63, 3.8) is 0 Å². The van der Waals surface area contributed by atoms with E-state index in [-0.39, 0.29) is 24.8 Å². The van der Waals surface area contributed by atoms with Gasteiger partial charge in [-0.25, -0.2) is 10.3 Å². The van der Waals surface area contributed by atoms with E-state index < -0.39 is 17.9 Å². The number of hydroxylamine groups is 1. The first-order valence-corrected chi connectivity index (χ1v) is 10.5. The van der Waals surface area contributed by atoms with Crippen molar-refractivity contribution in [3.8, 4) is 0 Å². The van der Waals surface area contributed by atoms with Crippen LogP contribution in [0.15, 0.2) is 30.3 Å². The van der Waals surface area contributed by atoms with Crippen LogP contribution in [0.25, 0.3) is 0 Å². The van der Waals surface area contributed by atoms with Gasteiger partial charge in [-0.3, -0.25) is 14.4 Å². The predicted octanol–water partition coefficient (Wildman–Crippen LogP) is 3.29. The van der Waals surface area contributed by atoms with Crippen molar-refractivity contribution in [1.29, 1.82) is 0 Å². The van der Waals surface area contributed by atoms with Crippen molar-refractivity contribution in [2.75, 3.05) is 6.54 Å². The van der Waals surface area contributed by atoms with Crippen LogP contribution < -0.4 is 5.48 Å². The largest absolute Gasteiger partial charge is 0.480 e. The molecular formula is C22H32N2O5. The summed E-state index contributed by atoms with van der Waals surface area (Å²) in [6.45, 7) is 2.76. The molecule has 0 aliphatic carbocycles. The minimum atomic E-state index is -0.971. The molecular weight excluding hydrogens is 372 g/mol. The number of hydrogen-bond acceptors (Lipinski definition) is 4. The molecule has 2 N–H and O–H groups in total. The Bertz CT molecular complexity index is 664. The number of nitrogens with one attached hydrogen (secondary N) is 1. The van der Waals surface area contributed by atoms with Crippen LogP contribution in [-0.2, 0) is 25.8 Å². The number of nitrogens with zero attached hydrogens (tertiary/aromatic N) is 1. The molecule has 1 aromatic carbocycles. The second-order valence-corrected chi connectivity index (χ2v) is 7.58. The van der Waals surface area contributed by atoms with Gasteiger partial charge >= 0.3 is 5.97 Å². The summed E-state index contributed by atoms with van der Waals surface area (Å²) in [5.41, 5.74) is 3.35. The fourth-order valence-electron chi connectivity index (χ4n) is 3.68. The number of unbranched alkanes of at least 4 members (excludes halogenated alkanes) is 2. The smallest absolute Gasteiger partial charge is 0.326 e. The van der Waals surface area contributed by atoms with Crippen LogP contribution in [0.3, 0.4) is 0 Å². The molecule has 0 unspecified atom stereocenters. The Morgan fingerprint density at radius 1 is 1.21 bits per heavy atom. The van der Waals surface area contributed by atoms with Gasteiger partial charge in [0.25, 0.3) is 0 Å². The van der Waals surface area contributed by atoms with Crippen LogP contribution >= 0.6 is 0 Å². The van der Waals surface area contributed by atoms with Gasteiger partial charge in [-0.1, -0.05) is 56.5 Å². The molecule has 160 valence electrons. The van der Waals surface area contributed by atoms with E-state index in [1.165, 1.54) is 4.90 Å². The number of rotatable bonds is 11. The topological polar surface area (TPSA) is 95.9 Å². The summed E-state index contributed by atoms with van der Waals surface area (Å²) in [5.74, 6) is -2.09. The molecule has 0 spiro atoms. The van der Waals surface area contributed by atoms with Gasteiger partial charge in [0.05, 0.1) is 6.61 Å². The summed E-state index contributed by atoms with van der Waals surface area (Å²) in [7, 11) is 0. The summed E-state index contributed by atoms with van der Waals surface area (Å²) in [6, 6.07) is 8.68. The normalized spacial score (nSPS) is 17.6. The molecule has 7 nitrogen and oxygen atoms in total. The first-order chi connectivity index (χ1) is 14.0. The summed E-state index contributed by atoms with van der Waals surface area (Å²) >= 11 is 0. The highest BCUT2D eigenvalue weighted by Crippen LogP contribution is 2.24. The highest BCUT2D eigenvalue weighted by atomic mass is 16.6. The Balaban J connectivity index is 1.93. The zero-order chi connectivity index (χ0) is 21.1. The van der Waals surface area contributed by atoms with Gasteiger partial charge in [-0.2, -0.15) is 0 Å². The van der Waals surface area contributed by atoms with Gasteiger partial charge in [0.2, 0.25) is 11.8 Å². The minimum absolute atomic E-state index is 0.000175. The number of carboxylic acids is 1. The van der Waals surface area contributed by atoms with E-state index in [1.807, 2.05) is 30.3 Å². The average molecular weight is 405 g/mol. The average Bonchev–Trinajstić information content (AvgIpc) is 2.73. The van der Waals surface area contributed by atoms with Crippen LogP contribution in [0.1, 0.15) is 63.9 Å². The number of piperidine rings is 1. The van der Waals surface area contributed by atoms with Crippen LogP contribution in [0.4, 0.5) is 0 Å². The third kappa shape index (κ3) is 7.49. The molecule has 7 heteroatoms.